The van der Waals surface area contributed by atoms with Gasteiger partial charge in [0.15, 0.2) is 5.82 Å². The summed E-state index contributed by atoms with van der Waals surface area (Å²) in [5, 5.41) is 10.6. The van der Waals surface area contributed by atoms with Gasteiger partial charge in [0.2, 0.25) is 5.91 Å². The maximum Gasteiger partial charge on any atom is 0.239 e. The van der Waals surface area contributed by atoms with Gasteiger partial charge in [-0.1, -0.05) is 18.2 Å². The van der Waals surface area contributed by atoms with E-state index in [1.54, 1.807) is 12.1 Å². The molecule has 1 aromatic carbocycles. The number of carbonyl (C=O) groups excluding carboxylic acids is 1. The van der Waals surface area contributed by atoms with Crippen molar-refractivity contribution >= 4 is 41.3 Å². The first-order valence-corrected chi connectivity index (χ1v) is 5.92. The summed E-state index contributed by atoms with van der Waals surface area (Å²) in [6.07, 6.45) is 0. The molecule has 7 nitrogen and oxygen atoms in total. The first-order valence-electron chi connectivity index (χ1n) is 5.92. The molecule has 0 atom stereocenters. The summed E-state index contributed by atoms with van der Waals surface area (Å²) in [5.74, 6) is 0.173. The van der Waals surface area contributed by atoms with Gasteiger partial charge in [-0.3, -0.25) is 4.79 Å². The normalized spacial score (nSPS) is 10.1. The molecule has 1 amide bonds. The standard InChI is InChI=1S/C13H14N6O.ClH/c14-8-12(20)16-11-7-6-10(13(15)17-11)19-18-9-4-2-1-3-5-9;/h1-7H,8,14H2,(H3,15,16,17,20);1H. The molecule has 0 bridgehead atoms. The van der Waals surface area contributed by atoms with Crippen LogP contribution in [-0.4, -0.2) is 17.4 Å². The number of hydrogen-bond acceptors (Lipinski definition) is 6. The van der Waals surface area contributed by atoms with Gasteiger partial charge in [0.05, 0.1) is 12.2 Å². The van der Waals surface area contributed by atoms with Gasteiger partial charge in [0.1, 0.15) is 11.5 Å². The van der Waals surface area contributed by atoms with Crippen molar-refractivity contribution in [2.75, 3.05) is 17.6 Å². The fourth-order valence-electron chi connectivity index (χ4n) is 1.42. The Morgan fingerprint density at radius 2 is 1.86 bits per heavy atom. The van der Waals surface area contributed by atoms with Crippen molar-refractivity contribution in [2.45, 2.75) is 0 Å². The number of benzene rings is 1. The van der Waals surface area contributed by atoms with Crippen molar-refractivity contribution < 1.29 is 4.79 Å². The van der Waals surface area contributed by atoms with Gasteiger partial charge < -0.3 is 16.8 Å². The van der Waals surface area contributed by atoms with Crippen molar-refractivity contribution in [3.05, 3.63) is 42.5 Å². The molecule has 0 unspecified atom stereocenters. The van der Waals surface area contributed by atoms with E-state index < -0.39 is 0 Å². The van der Waals surface area contributed by atoms with Gasteiger partial charge in [-0.15, -0.1) is 17.5 Å². The summed E-state index contributed by atoms with van der Waals surface area (Å²) in [6.45, 7) is -0.114. The third-order valence-electron chi connectivity index (χ3n) is 2.38. The molecule has 0 aliphatic rings. The van der Waals surface area contributed by atoms with E-state index in [0.717, 1.165) is 0 Å². The molecule has 21 heavy (non-hydrogen) atoms. The third kappa shape index (κ3) is 4.83. The molecule has 0 aliphatic carbocycles. The molecular weight excluding hydrogens is 292 g/mol. The van der Waals surface area contributed by atoms with E-state index in [2.05, 4.69) is 20.5 Å². The minimum Gasteiger partial charge on any atom is -0.382 e. The van der Waals surface area contributed by atoms with E-state index in [1.807, 2.05) is 30.3 Å². The number of halogens is 1. The first-order chi connectivity index (χ1) is 9.69. The lowest BCUT2D eigenvalue weighted by Crippen LogP contribution is -2.22. The van der Waals surface area contributed by atoms with E-state index in [-0.39, 0.29) is 30.7 Å². The number of amides is 1. The van der Waals surface area contributed by atoms with Gasteiger partial charge in [-0.05, 0) is 24.3 Å². The second kappa shape index (κ2) is 7.93. The fourth-order valence-corrected chi connectivity index (χ4v) is 1.42. The van der Waals surface area contributed by atoms with E-state index >= 15 is 0 Å². The predicted molar refractivity (Wildman–Crippen MR) is 84.2 cm³/mol. The number of hydrogen-bond donors (Lipinski definition) is 3. The quantitative estimate of drug-likeness (QED) is 0.751. The topological polar surface area (TPSA) is 119 Å². The summed E-state index contributed by atoms with van der Waals surface area (Å²) in [5.41, 5.74) is 12.1. The SMILES string of the molecule is Cl.NCC(=O)Nc1ccc(N=Nc2ccccc2)c(N)n1. The van der Waals surface area contributed by atoms with E-state index in [9.17, 15) is 4.79 Å². The minimum atomic E-state index is -0.337. The number of rotatable bonds is 4. The predicted octanol–water partition coefficient (Wildman–Crippen LogP) is 2.40. The second-order valence-corrected chi connectivity index (χ2v) is 3.89. The van der Waals surface area contributed by atoms with Crippen LogP contribution in [0, 0.1) is 0 Å². The van der Waals surface area contributed by atoms with Crippen molar-refractivity contribution in [1.82, 2.24) is 4.98 Å². The van der Waals surface area contributed by atoms with Crippen LogP contribution < -0.4 is 16.8 Å². The Morgan fingerprint density at radius 1 is 1.14 bits per heavy atom. The molecule has 2 aromatic rings. The van der Waals surface area contributed by atoms with Crippen LogP contribution in [-0.2, 0) is 4.79 Å². The Labute approximate surface area is 127 Å². The number of carbonyl (C=O) groups is 1. The molecule has 110 valence electrons. The van der Waals surface area contributed by atoms with Gasteiger partial charge >= 0.3 is 0 Å². The Bertz CT molecular complexity index is 632. The highest BCUT2D eigenvalue weighted by atomic mass is 35.5. The smallest absolute Gasteiger partial charge is 0.239 e. The van der Waals surface area contributed by atoms with Crippen LogP contribution in [0.5, 0.6) is 0 Å². The van der Waals surface area contributed by atoms with E-state index in [4.69, 9.17) is 11.5 Å². The van der Waals surface area contributed by atoms with Crippen LogP contribution in [0.15, 0.2) is 52.7 Å². The number of azo groups is 1. The number of pyridine rings is 1. The number of nitrogens with one attached hydrogen (secondary N) is 1. The largest absolute Gasteiger partial charge is 0.382 e. The van der Waals surface area contributed by atoms with Crippen molar-refractivity contribution in [3.63, 3.8) is 0 Å². The highest BCUT2D eigenvalue weighted by molar-refractivity contribution is 5.91. The molecule has 1 heterocycles. The molecule has 1 aromatic heterocycles. The zero-order chi connectivity index (χ0) is 14.4. The first kappa shape index (κ1) is 16.5. The van der Waals surface area contributed by atoms with Gasteiger partial charge in [-0.2, -0.15) is 5.11 Å². The van der Waals surface area contributed by atoms with Gasteiger partial charge in [0.25, 0.3) is 0 Å². The van der Waals surface area contributed by atoms with Crippen molar-refractivity contribution in [2.24, 2.45) is 16.0 Å². The van der Waals surface area contributed by atoms with Crippen molar-refractivity contribution in [1.29, 1.82) is 0 Å². The summed E-state index contributed by atoms with van der Waals surface area (Å²) < 4.78 is 0. The van der Waals surface area contributed by atoms with Crippen LogP contribution in [0.1, 0.15) is 0 Å². The molecule has 0 spiro atoms. The molecule has 0 aliphatic heterocycles. The second-order valence-electron chi connectivity index (χ2n) is 3.89. The molecule has 5 N–H and O–H groups in total. The maximum absolute atomic E-state index is 11.1. The maximum atomic E-state index is 11.1. The Kier molecular flexibility index (Phi) is 6.25. The summed E-state index contributed by atoms with van der Waals surface area (Å²) in [6, 6.07) is 12.5. The van der Waals surface area contributed by atoms with Crippen LogP contribution in [0.3, 0.4) is 0 Å². The lowest BCUT2D eigenvalue weighted by molar-refractivity contribution is -0.114. The fraction of sp³-hybridized carbons (Fsp3) is 0.0769. The van der Waals surface area contributed by atoms with Gasteiger partial charge in [0, 0.05) is 0 Å². The zero-order valence-corrected chi connectivity index (χ0v) is 11.9. The van der Waals surface area contributed by atoms with Gasteiger partial charge in [-0.25, -0.2) is 4.98 Å². The monoisotopic (exact) mass is 306 g/mol. The number of nitrogen functional groups attached to an aromatic ring is 1. The average Bonchev–Trinajstić information content (AvgIpc) is 2.47. The number of anilines is 2. The van der Waals surface area contributed by atoms with Crippen LogP contribution in [0.4, 0.5) is 23.0 Å². The summed E-state index contributed by atoms with van der Waals surface area (Å²) >= 11 is 0. The van der Waals surface area contributed by atoms with Crippen molar-refractivity contribution in [3.8, 4) is 0 Å². The number of nitrogens with two attached hydrogens (primary N) is 2. The summed E-state index contributed by atoms with van der Waals surface area (Å²) in [7, 11) is 0. The zero-order valence-electron chi connectivity index (χ0n) is 11.1. The highest BCUT2D eigenvalue weighted by Crippen LogP contribution is 2.24. The number of aromatic nitrogens is 1. The molecule has 0 fully saturated rings. The molecule has 0 radical (unpaired) electrons. The molecule has 0 saturated heterocycles. The highest BCUT2D eigenvalue weighted by Gasteiger charge is 2.04. The van der Waals surface area contributed by atoms with Crippen LogP contribution in [0.2, 0.25) is 0 Å². The van der Waals surface area contributed by atoms with Crippen LogP contribution in [0.25, 0.3) is 0 Å². The average molecular weight is 307 g/mol. The number of nitrogens with zero attached hydrogens (tertiary/aromatic N) is 3. The molecule has 8 heteroatoms. The minimum absolute atomic E-state index is 0. The summed E-state index contributed by atoms with van der Waals surface area (Å²) in [4.78, 5) is 15.1. The van der Waals surface area contributed by atoms with E-state index in [0.29, 0.717) is 17.2 Å². The Balaban J connectivity index is 0.00000220. The Morgan fingerprint density at radius 3 is 2.48 bits per heavy atom. The van der Waals surface area contributed by atoms with Crippen LogP contribution >= 0.6 is 12.4 Å². The molecule has 0 saturated carbocycles. The lowest BCUT2D eigenvalue weighted by atomic mass is 10.3. The molecular formula is C13H15ClN6O. The Hall–Kier alpha value is -2.51. The van der Waals surface area contributed by atoms with E-state index in [1.165, 1.54) is 0 Å². The lowest BCUT2D eigenvalue weighted by Gasteiger charge is -2.04. The molecule has 2 rings (SSSR count). The third-order valence-corrected chi connectivity index (χ3v) is 2.38.